The lowest BCUT2D eigenvalue weighted by Crippen LogP contribution is -2.41. The molecule has 1 unspecified atom stereocenters. The van der Waals surface area contributed by atoms with Crippen molar-refractivity contribution in [3.63, 3.8) is 0 Å². The Morgan fingerprint density at radius 2 is 1.35 bits per heavy atom. The van der Waals surface area contributed by atoms with Crippen molar-refractivity contribution in [2.24, 2.45) is 0 Å². The molecule has 4 heteroatoms. The van der Waals surface area contributed by atoms with E-state index in [1.54, 1.807) is 6.07 Å². The van der Waals surface area contributed by atoms with Crippen LogP contribution in [0.5, 0.6) is 23.0 Å². The molecule has 4 nitrogen and oxygen atoms in total. The quantitative estimate of drug-likeness (QED) is 0.731. The summed E-state index contributed by atoms with van der Waals surface area (Å²) in [5, 5.41) is 30.8. The lowest BCUT2D eigenvalue weighted by atomic mass is 9.70. The fourth-order valence-electron chi connectivity index (χ4n) is 4.21. The van der Waals surface area contributed by atoms with E-state index in [-0.39, 0.29) is 22.7 Å². The molecule has 2 aromatic rings. The summed E-state index contributed by atoms with van der Waals surface area (Å²) in [4.78, 5) is 0. The van der Waals surface area contributed by atoms with Crippen molar-refractivity contribution in [1.82, 2.24) is 0 Å². The topological polar surface area (TPSA) is 69.9 Å². The predicted octanol–water partition coefficient (Wildman–Crippen LogP) is 4.90. The lowest BCUT2D eigenvalue weighted by molar-refractivity contribution is 0.0300. The van der Waals surface area contributed by atoms with Crippen LogP contribution >= 0.6 is 0 Å². The van der Waals surface area contributed by atoms with Gasteiger partial charge in [-0.1, -0.05) is 27.7 Å². The number of fused-ring (bicyclic) bond motifs is 1. The van der Waals surface area contributed by atoms with Gasteiger partial charge in [0.25, 0.3) is 0 Å². The Hall–Kier alpha value is -2.36. The highest BCUT2D eigenvalue weighted by atomic mass is 16.5. The van der Waals surface area contributed by atoms with Crippen molar-refractivity contribution in [3.8, 4) is 23.0 Å². The van der Waals surface area contributed by atoms with Gasteiger partial charge in [-0.2, -0.15) is 0 Å². The average molecular weight is 356 g/mol. The molecule has 1 heterocycles. The smallest absolute Gasteiger partial charge is 0.136 e. The third-order valence-corrected chi connectivity index (χ3v) is 5.55. The molecule has 3 N–H and O–H groups in total. The standard InChI is InChI=1S/C22H28O4/c1-6-13-8-15(19(25)10-17(13)23)22(5)12-21(3,4)16-9-14(7-2)18(24)11-20(16)26-22/h8-11,23-25H,6-7,12H2,1-5H3. The van der Waals surface area contributed by atoms with Crippen LogP contribution in [0.2, 0.25) is 0 Å². The summed E-state index contributed by atoms with van der Waals surface area (Å²) >= 11 is 0. The number of aryl methyl sites for hydroxylation is 2. The minimum Gasteiger partial charge on any atom is -0.508 e. The van der Waals surface area contributed by atoms with Gasteiger partial charge in [-0.25, -0.2) is 0 Å². The third-order valence-electron chi connectivity index (χ3n) is 5.55. The molecule has 0 fully saturated rings. The molecule has 3 rings (SSSR count). The first kappa shape index (κ1) is 18.4. The molecular formula is C22H28O4. The van der Waals surface area contributed by atoms with E-state index in [1.807, 2.05) is 32.9 Å². The summed E-state index contributed by atoms with van der Waals surface area (Å²) < 4.78 is 6.34. The van der Waals surface area contributed by atoms with E-state index in [0.29, 0.717) is 24.2 Å². The van der Waals surface area contributed by atoms with Crippen LogP contribution in [-0.4, -0.2) is 15.3 Å². The second-order valence-corrected chi connectivity index (χ2v) is 8.08. The molecule has 0 saturated heterocycles. The maximum Gasteiger partial charge on any atom is 0.136 e. The van der Waals surface area contributed by atoms with E-state index in [1.165, 1.54) is 6.07 Å². The molecule has 140 valence electrons. The number of benzene rings is 2. The molecule has 1 aliphatic rings. The summed E-state index contributed by atoms with van der Waals surface area (Å²) in [6, 6.07) is 6.93. The number of rotatable bonds is 3. The van der Waals surface area contributed by atoms with Gasteiger partial charge in [0.15, 0.2) is 0 Å². The van der Waals surface area contributed by atoms with E-state index in [0.717, 1.165) is 23.1 Å². The highest BCUT2D eigenvalue weighted by Crippen LogP contribution is 2.52. The molecule has 0 aromatic heterocycles. The maximum atomic E-state index is 10.5. The van der Waals surface area contributed by atoms with Gasteiger partial charge in [-0.05, 0) is 48.4 Å². The summed E-state index contributed by atoms with van der Waals surface area (Å²) in [6.07, 6.45) is 2.09. The highest BCUT2D eigenvalue weighted by Gasteiger charge is 2.44. The van der Waals surface area contributed by atoms with Crippen LogP contribution in [0, 0.1) is 0 Å². The monoisotopic (exact) mass is 356 g/mol. The SMILES string of the molecule is CCc1cc2c(cc1O)OC(C)(c1cc(CC)c(O)cc1O)CC2(C)C. The Morgan fingerprint density at radius 3 is 1.92 bits per heavy atom. The largest absolute Gasteiger partial charge is 0.508 e. The summed E-state index contributed by atoms with van der Waals surface area (Å²) in [5.41, 5.74) is 2.44. The zero-order valence-corrected chi connectivity index (χ0v) is 16.2. The molecular weight excluding hydrogens is 328 g/mol. The van der Waals surface area contributed by atoms with Crippen LogP contribution in [0.15, 0.2) is 24.3 Å². The van der Waals surface area contributed by atoms with Gasteiger partial charge in [-0.15, -0.1) is 0 Å². The normalized spacial score (nSPS) is 21.1. The van der Waals surface area contributed by atoms with E-state index >= 15 is 0 Å². The van der Waals surface area contributed by atoms with E-state index in [4.69, 9.17) is 4.74 Å². The summed E-state index contributed by atoms with van der Waals surface area (Å²) in [5.74, 6) is 0.994. The molecule has 0 spiro atoms. The van der Waals surface area contributed by atoms with Gasteiger partial charge in [0.2, 0.25) is 0 Å². The summed E-state index contributed by atoms with van der Waals surface area (Å²) in [7, 11) is 0. The van der Waals surface area contributed by atoms with Crippen LogP contribution in [0.25, 0.3) is 0 Å². The minimum absolute atomic E-state index is 0.0239. The molecule has 1 aliphatic heterocycles. The van der Waals surface area contributed by atoms with Crippen LogP contribution in [-0.2, 0) is 23.9 Å². The first-order valence-corrected chi connectivity index (χ1v) is 9.22. The van der Waals surface area contributed by atoms with E-state index in [9.17, 15) is 15.3 Å². The number of hydrogen-bond acceptors (Lipinski definition) is 4. The van der Waals surface area contributed by atoms with Crippen LogP contribution in [0.1, 0.15) is 63.3 Å². The second kappa shape index (κ2) is 6.11. The molecule has 26 heavy (non-hydrogen) atoms. The highest BCUT2D eigenvalue weighted by molar-refractivity contribution is 5.54. The summed E-state index contributed by atoms with van der Waals surface area (Å²) in [6.45, 7) is 10.2. The van der Waals surface area contributed by atoms with Crippen LogP contribution in [0.4, 0.5) is 0 Å². The van der Waals surface area contributed by atoms with Crippen LogP contribution < -0.4 is 4.74 Å². The third kappa shape index (κ3) is 2.87. The molecule has 0 amide bonds. The van der Waals surface area contributed by atoms with Gasteiger partial charge in [0.05, 0.1) is 0 Å². The van der Waals surface area contributed by atoms with Crippen molar-refractivity contribution in [1.29, 1.82) is 0 Å². The zero-order chi connectivity index (χ0) is 19.3. The minimum atomic E-state index is -0.766. The molecule has 2 aromatic carbocycles. The molecule has 1 atom stereocenters. The predicted molar refractivity (Wildman–Crippen MR) is 102 cm³/mol. The van der Waals surface area contributed by atoms with Gasteiger partial charge < -0.3 is 20.1 Å². The lowest BCUT2D eigenvalue weighted by Gasteiger charge is -2.45. The Balaban J connectivity index is 2.16. The first-order chi connectivity index (χ1) is 12.1. The molecule has 0 bridgehead atoms. The van der Waals surface area contributed by atoms with E-state index < -0.39 is 5.60 Å². The number of ether oxygens (including phenoxy) is 1. The second-order valence-electron chi connectivity index (χ2n) is 8.08. The molecule has 0 radical (unpaired) electrons. The van der Waals surface area contributed by atoms with Gasteiger partial charge in [0, 0.05) is 29.7 Å². The van der Waals surface area contributed by atoms with Gasteiger partial charge in [-0.3, -0.25) is 0 Å². The van der Waals surface area contributed by atoms with Crippen molar-refractivity contribution in [2.75, 3.05) is 0 Å². The van der Waals surface area contributed by atoms with Crippen molar-refractivity contribution < 1.29 is 20.1 Å². The van der Waals surface area contributed by atoms with Crippen LogP contribution in [0.3, 0.4) is 0 Å². The van der Waals surface area contributed by atoms with Gasteiger partial charge in [0.1, 0.15) is 28.6 Å². The number of phenols is 3. The zero-order valence-electron chi connectivity index (χ0n) is 16.2. The average Bonchev–Trinajstić information content (AvgIpc) is 2.53. The maximum absolute atomic E-state index is 10.5. The Labute approximate surface area is 155 Å². The van der Waals surface area contributed by atoms with Gasteiger partial charge >= 0.3 is 0 Å². The number of phenolic OH excluding ortho intramolecular Hbond substituents is 3. The number of hydrogen-bond donors (Lipinski definition) is 3. The van der Waals surface area contributed by atoms with Crippen molar-refractivity contribution in [3.05, 3.63) is 46.5 Å². The van der Waals surface area contributed by atoms with Crippen molar-refractivity contribution >= 4 is 0 Å². The Kier molecular flexibility index (Phi) is 4.33. The Morgan fingerprint density at radius 1 is 0.808 bits per heavy atom. The fraction of sp³-hybridized carbons (Fsp3) is 0.455. The first-order valence-electron chi connectivity index (χ1n) is 9.22. The molecule has 0 aliphatic carbocycles. The molecule has 0 saturated carbocycles. The van der Waals surface area contributed by atoms with Crippen molar-refractivity contribution in [2.45, 2.75) is 64.9 Å². The fourth-order valence-corrected chi connectivity index (χ4v) is 4.21. The number of aromatic hydroxyl groups is 3. The van der Waals surface area contributed by atoms with E-state index in [2.05, 4.69) is 13.8 Å². The Bertz CT molecular complexity index is 854.